The number of benzene rings is 2. The van der Waals surface area contributed by atoms with Gasteiger partial charge in [-0.2, -0.15) is 0 Å². The average molecular weight is 800 g/mol. The first kappa shape index (κ1) is 38.3. The van der Waals surface area contributed by atoms with E-state index in [1.165, 1.54) is 29.2 Å². The third-order valence-electron chi connectivity index (χ3n) is 11.5. The zero-order chi connectivity index (χ0) is 38.6. The number of nitrogens with one attached hydrogen (secondary N) is 2. The highest BCUT2D eigenvalue weighted by Gasteiger charge is 2.30. The third kappa shape index (κ3) is 8.99. The predicted octanol–water partition coefficient (Wildman–Crippen LogP) is 5.59. The number of carbonyl (C=O) groups excluding carboxylic acids is 3. The summed E-state index contributed by atoms with van der Waals surface area (Å²) in [6, 6.07) is 17.2. The Balaban J connectivity index is 0.834. The van der Waals surface area contributed by atoms with Crippen LogP contribution in [0.4, 0.5) is 26.7 Å². The van der Waals surface area contributed by atoms with Crippen molar-refractivity contribution >= 4 is 63.0 Å². The average Bonchev–Trinajstić information content (AvgIpc) is 3.73. The summed E-state index contributed by atoms with van der Waals surface area (Å²) >= 11 is 7.47. The van der Waals surface area contributed by atoms with Crippen LogP contribution in [-0.2, 0) is 16.1 Å². The van der Waals surface area contributed by atoms with Gasteiger partial charge >= 0.3 is 0 Å². The van der Waals surface area contributed by atoms with Crippen molar-refractivity contribution in [3.63, 3.8) is 0 Å². The molecule has 56 heavy (non-hydrogen) atoms. The summed E-state index contributed by atoms with van der Waals surface area (Å²) in [6.45, 7) is 9.93. The van der Waals surface area contributed by atoms with E-state index in [0.717, 1.165) is 86.5 Å². The number of nitrogens with zero attached hydrogens (tertiary/aromatic N) is 7. The Morgan fingerprint density at radius 3 is 2.32 bits per heavy atom. The van der Waals surface area contributed by atoms with Gasteiger partial charge in [0.25, 0.3) is 5.91 Å². The molecule has 4 fully saturated rings. The summed E-state index contributed by atoms with van der Waals surface area (Å²) in [5, 5.41) is 8.55. The Morgan fingerprint density at radius 2 is 1.61 bits per heavy atom. The Bertz CT molecular complexity index is 2010. The molecule has 0 radical (unpaired) electrons. The minimum Gasteiger partial charge on any atom is -0.372 e. The molecular weight excluding hydrogens is 753 g/mol. The van der Waals surface area contributed by atoms with Crippen molar-refractivity contribution < 1.29 is 18.8 Å². The van der Waals surface area contributed by atoms with E-state index < -0.39 is 5.82 Å². The van der Waals surface area contributed by atoms with Gasteiger partial charge in [0.15, 0.2) is 10.9 Å². The number of hydrogen-bond donors (Lipinski definition) is 2. The largest absolute Gasteiger partial charge is 0.372 e. The molecule has 2 aromatic carbocycles. The fraction of sp³-hybridized carbons (Fsp3) is 0.439. The number of piperidine rings is 2. The van der Waals surface area contributed by atoms with Crippen molar-refractivity contribution in [3.05, 3.63) is 93.8 Å². The van der Waals surface area contributed by atoms with Crippen molar-refractivity contribution in [2.75, 3.05) is 87.1 Å². The van der Waals surface area contributed by atoms with E-state index in [1.54, 1.807) is 17.2 Å². The quantitative estimate of drug-likeness (QED) is 0.197. The second-order valence-electron chi connectivity index (χ2n) is 15.1. The lowest BCUT2D eigenvalue weighted by atomic mass is 9.90. The molecule has 8 rings (SSSR count). The van der Waals surface area contributed by atoms with Crippen LogP contribution in [0.25, 0.3) is 0 Å². The number of halogens is 2. The number of piperazine rings is 2. The van der Waals surface area contributed by atoms with Gasteiger partial charge in [0.05, 0.1) is 22.2 Å². The van der Waals surface area contributed by atoms with Crippen molar-refractivity contribution in [2.24, 2.45) is 5.92 Å². The van der Waals surface area contributed by atoms with Crippen LogP contribution in [-0.4, -0.2) is 114 Å². The van der Waals surface area contributed by atoms with E-state index in [2.05, 4.69) is 59.5 Å². The van der Waals surface area contributed by atoms with Crippen molar-refractivity contribution in [1.82, 2.24) is 30.0 Å². The highest BCUT2D eigenvalue weighted by molar-refractivity contribution is 7.13. The van der Waals surface area contributed by atoms with E-state index in [4.69, 9.17) is 16.6 Å². The molecule has 2 aromatic heterocycles. The smallest absolute Gasteiger partial charge is 0.256 e. The molecule has 0 saturated carbocycles. The van der Waals surface area contributed by atoms with Crippen LogP contribution in [0.2, 0.25) is 5.02 Å². The Labute approximate surface area is 335 Å². The van der Waals surface area contributed by atoms with E-state index in [-0.39, 0.29) is 34.2 Å². The molecule has 4 aliphatic rings. The standard InChI is InChI=1S/C41H47ClFN9O3S/c42-35-3-1-2-34(38(35)43)40(55)52-21-17-49(18-22-52)27-30-24-32(25-36(45-30)46-41-44-12-23-56-41)51-19-15-48(16-20-51)26-28-10-13-50(14-11-28)31-6-4-29(5-7-31)33-8-9-37(53)47-39(33)54/h1-7,12,23-25,28,33H,8-11,13-22,26-27H2,(H,44,45,46)(H,47,53,54)/t33-/m1/s1. The molecule has 6 heterocycles. The summed E-state index contributed by atoms with van der Waals surface area (Å²) in [5.41, 5.74) is 4.26. The van der Waals surface area contributed by atoms with E-state index in [1.807, 2.05) is 17.5 Å². The second kappa shape index (κ2) is 17.2. The molecule has 0 spiro atoms. The lowest BCUT2D eigenvalue weighted by Gasteiger charge is -2.40. The number of thiazole rings is 1. The predicted molar refractivity (Wildman–Crippen MR) is 217 cm³/mol. The van der Waals surface area contributed by atoms with Gasteiger partial charge in [-0.3, -0.25) is 29.5 Å². The van der Waals surface area contributed by atoms with Crippen LogP contribution in [0.5, 0.6) is 0 Å². The topological polar surface area (TPSA) is 117 Å². The number of imide groups is 1. The van der Waals surface area contributed by atoms with Gasteiger partial charge in [0, 0.05) is 114 Å². The van der Waals surface area contributed by atoms with Crippen LogP contribution in [0.1, 0.15) is 53.2 Å². The first-order valence-corrected chi connectivity index (χ1v) is 20.8. The monoisotopic (exact) mass is 799 g/mol. The number of anilines is 4. The molecule has 3 amide bonds. The highest BCUT2D eigenvalue weighted by Crippen LogP contribution is 2.30. The van der Waals surface area contributed by atoms with Crippen molar-refractivity contribution in [1.29, 1.82) is 0 Å². The van der Waals surface area contributed by atoms with Gasteiger partial charge in [0.1, 0.15) is 5.82 Å². The number of pyridine rings is 1. The molecule has 4 aliphatic heterocycles. The minimum atomic E-state index is -0.668. The zero-order valence-corrected chi connectivity index (χ0v) is 32.9. The number of aromatic nitrogens is 2. The lowest BCUT2D eigenvalue weighted by molar-refractivity contribution is -0.134. The molecule has 0 unspecified atom stereocenters. The fourth-order valence-electron chi connectivity index (χ4n) is 8.33. The minimum absolute atomic E-state index is 0.0106. The Morgan fingerprint density at radius 1 is 0.875 bits per heavy atom. The van der Waals surface area contributed by atoms with Crippen LogP contribution >= 0.6 is 22.9 Å². The van der Waals surface area contributed by atoms with E-state index >= 15 is 0 Å². The van der Waals surface area contributed by atoms with Gasteiger partial charge in [0.2, 0.25) is 11.8 Å². The second-order valence-corrected chi connectivity index (χ2v) is 16.4. The Hall–Kier alpha value is -4.63. The van der Waals surface area contributed by atoms with E-state index in [0.29, 0.717) is 51.5 Å². The summed E-state index contributed by atoms with van der Waals surface area (Å²) < 4.78 is 14.6. The summed E-state index contributed by atoms with van der Waals surface area (Å²) in [5.74, 6) is -0.211. The first-order valence-electron chi connectivity index (χ1n) is 19.5. The van der Waals surface area contributed by atoms with Gasteiger partial charge in [-0.1, -0.05) is 29.8 Å². The van der Waals surface area contributed by atoms with Crippen molar-refractivity contribution in [3.8, 4) is 0 Å². The SMILES string of the molecule is O=C1CC[C@H](c2ccc(N3CCC(CN4CCN(c5cc(CN6CCN(C(=O)c7cccc(Cl)c7F)CC6)nc(Nc6nccs6)c5)CC4)CC3)cc2)C(=O)N1. The van der Waals surface area contributed by atoms with Gasteiger partial charge < -0.3 is 20.0 Å². The molecule has 15 heteroatoms. The lowest BCUT2D eigenvalue weighted by Crippen LogP contribution is -2.49. The number of rotatable bonds is 10. The highest BCUT2D eigenvalue weighted by atomic mass is 35.5. The molecule has 294 valence electrons. The molecule has 4 aromatic rings. The molecule has 1 atom stereocenters. The molecule has 12 nitrogen and oxygen atoms in total. The maximum Gasteiger partial charge on any atom is 0.256 e. The Kier molecular flexibility index (Phi) is 11.8. The molecule has 0 aliphatic carbocycles. The molecule has 4 saturated heterocycles. The number of hydrogen-bond acceptors (Lipinski definition) is 11. The van der Waals surface area contributed by atoms with Crippen LogP contribution in [0.3, 0.4) is 0 Å². The van der Waals surface area contributed by atoms with Crippen molar-refractivity contribution in [2.45, 2.75) is 38.1 Å². The first-order chi connectivity index (χ1) is 27.3. The summed E-state index contributed by atoms with van der Waals surface area (Å²) in [4.78, 5) is 57.8. The van der Waals surface area contributed by atoms with Gasteiger partial charge in [-0.25, -0.2) is 14.4 Å². The maximum atomic E-state index is 14.6. The molecule has 2 N–H and O–H groups in total. The normalized spacial score (nSPS) is 20.3. The summed E-state index contributed by atoms with van der Waals surface area (Å²) in [7, 11) is 0. The fourth-order valence-corrected chi connectivity index (χ4v) is 9.04. The van der Waals surface area contributed by atoms with Crippen LogP contribution < -0.4 is 20.4 Å². The van der Waals surface area contributed by atoms with Gasteiger partial charge in [-0.15, -0.1) is 11.3 Å². The van der Waals surface area contributed by atoms with E-state index in [9.17, 15) is 18.8 Å². The number of carbonyl (C=O) groups is 3. The zero-order valence-electron chi connectivity index (χ0n) is 31.3. The maximum absolute atomic E-state index is 14.6. The molecular formula is C41H47ClFN9O3S. The number of amides is 3. The van der Waals surface area contributed by atoms with Gasteiger partial charge in [-0.05, 0) is 61.1 Å². The van der Waals surface area contributed by atoms with Crippen LogP contribution in [0, 0.1) is 11.7 Å². The summed E-state index contributed by atoms with van der Waals surface area (Å²) in [6.07, 6.45) is 5.03. The third-order valence-corrected chi connectivity index (χ3v) is 12.5. The van der Waals surface area contributed by atoms with Crippen LogP contribution in [0.15, 0.2) is 66.2 Å². The molecule has 0 bridgehead atoms.